The highest BCUT2D eigenvalue weighted by molar-refractivity contribution is 9.09. The second kappa shape index (κ2) is 7.36. The van der Waals surface area contributed by atoms with E-state index in [0.717, 1.165) is 0 Å². The number of alkyl halides is 2. The zero-order valence-electron chi connectivity index (χ0n) is 13.5. The smallest absolute Gasteiger partial charge is 0.200 e. The zero-order chi connectivity index (χ0) is 18.9. The van der Waals surface area contributed by atoms with E-state index >= 15 is 0 Å². The Labute approximate surface area is 157 Å². The highest BCUT2D eigenvalue weighted by atomic mass is 79.9. The molecule has 0 spiro atoms. The molecule has 1 fully saturated rings. The third kappa shape index (κ3) is 3.12. The Bertz CT molecular complexity index is 800. The molecule has 0 amide bonds. The second-order valence-corrected chi connectivity index (χ2v) is 6.91. The molecule has 136 valence electrons. The Morgan fingerprint density at radius 2 is 1.54 bits per heavy atom. The van der Waals surface area contributed by atoms with Gasteiger partial charge in [0, 0.05) is 11.1 Å². The highest BCUT2D eigenvalue weighted by Crippen LogP contribution is 2.40. The van der Waals surface area contributed by atoms with E-state index in [-0.39, 0.29) is 11.1 Å². The van der Waals surface area contributed by atoms with Crippen molar-refractivity contribution in [2.24, 2.45) is 0 Å². The van der Waals surface area contributed by atoms with Crippen molar-refractivity contribution in [2.75, 3.05) is 0 Å². The summed E-state index contributed by atoms with van der Waals surface area (Å²) in [7, 11) is 0. The minimum absolute atomic E-state index is 0.0483. The predicted molar refractivity (Wildman–Crippen MR) is 95.0 cm³/mol. The van der Waals surface area contributed by atoms with Crippen molar-refractivity contribution in [2.45, 2.75) is 29.0 Å². The number of hydrogen-bond acceptors (Lipinski definition) is 5. The fourth-order valence-corrected chi connectivity index (χ4v) is 3.61. The maximum absolute atomic E-state index is 14.7. The van der Waals surface area contributed by atoms with E-state index in [9.17, 15) is 24.2 Å². The number of ketones is 2. The van der Waals surface area contributed by atoms with Gasteiger partial charge in [0.25, 0.3) is 0 Å². The van der Waals surface area contributed by atoms with Gasteiger partial charge in [-0.3, -0.25) is 9.59 Å². The molecule has 2 aromatic carbocycles. The normalized spacial score (nSPS) is 29.3. The van der Waals surface area contributed by atoms with Crippen LogP contribution in [0.2, 0.25) is 0 Å². The third-order valence-corrected chi connectivity index (χ3v) is 5.05. The van der Waals surface area contributed by atoms with Gasteiger partial charge in [-0.25, -0.2) is 4.39 Å². The van der Waals surface area contributed by atoms with Crippen molar-refractivity contribution in [3.8, 4) is 0 Å². The number of aliphatic hydroxyl groups excluding tert-OH is 1. The van der Waals surface area contributed by atoms with Gasteiger partial charge < -0.3 is 14.9 Å². The first kappa shape index (κ1) is 18.8. The van der Waals surface area contributed by atoms with Gasteiger partial charge in [0.05, 0.1) is 0 Å². The molecule has 1 unspecified atom stereocenters. The number of rotatable bonds is 5. The quantitative estimate of drug-likeness (QED) is 0.570. The van der Waals surface area contributed by atoms with E-state index in [0.29, 0.717) is 0 Å². The molecule has 5 nitrogen and oxygen atoms in total. The van der Waals surface area contributed by atoms with Crippen LogP contribution in [-0.2, 0) is 4.74 Å². The molecule has 7 heteroatoms. The third-order valence-electron chi connectivity index (χ3n) is 4.37. The first-order valence-corrected chi connectivity index (χ1v) is 8.82. The average molecular weight is 423 g/mol. The summed E-state index contributed by atoms with van der Waals surface area (Å²) in [4.78, 5) is 25.3. The molecule has 0 aromatic heterocycles. The van der Waals surface area contributed by atoms with Crippen molar-refractivity contribution in [3.05, 3.63) is 71.8 Å². The van der Waals surface area contributed by atoms with Crippen molar-refractivity contribution in [1.82, 2.24) is 0 Å². The number of benzene rings is 2. The van der Waals surface area contributed by atoms with Gasteiger partial charge in [0.1, 0.15) is 17.2 Å². The Morgan fingerprint density at radius 3 is 2.08 bits per heavy atom. The monoisotopic (exact) mass is 422 g/mol. The second-order valence-electron chi connectivity index (χ2n) is 6.01. The maximum atomic E-state index is 14.7. The van der Waals surface area contributed by atoms with E-state index in [1.807, 2.05) is 0 Å². The Balaban J connectivity index is 1.97. The van der Waals surface area contributed by atoms with Crippen LogP contribution >= 0.6 is 15.9 Å². The molecule has 3 rings (SSSR count). The van der Waals surface area contributed by atoms with Crippen LogP contribution in [0, 0.1) is 0 Å². The molecule has 2 N–H and O–H groups in total. The molecule has 0 bridgehead atoms. The summed E-state index contributed by atoms with van der Waals surface area (Å²) in [6, 6.07) is 15.4. The van der Waals surface area contributed by atoms with Crippen molar-refractivity contribution < 1.29 is 28.9 Å². The van der Waals surface area contributed by atoms with Crippen LogP contribution in [0.5, 0.6) is 0 Å². The summed E-state index contributed by atoms with van der Waals surface area (Å²) >= 11 is 2.90. The minimum Gasteiger partial charge on any atom is -0.382 e. The van der Waals surface area contributed by atoms with Crippen LogP contribution in [0.4, 0.5) is 4.39 Å². The molecule has 0 aliphatic carbocycles. The van der Waals surface area contributed by atoms with Gasteiger partial charge in [-0.2, -0.15) is 0 Å². The number of ether oxygens (including phenoxy) is 1. The number of carbonyl (C=O) groups is 2. The van der Waals surface area contributed by atoms with E-state index in [1.165, 1.54) is 24.3 Å². The topological polar surface area (TPSA) is 83.8 Å². The molecular weight excluding hydrogens is 407 g/mol. The fourth-order valence-electron chi connectivity index (χ4n) is 2.97. The lowest BCUT2D eigenvalue weighted by molar-refractivity contribution is -0.0773. The molecule has 0 radical (unpaired) electrons. The molecule has 1 saturated heterocycles. The summed E-state index contributed by atoms with van der Waals surface area (Å²) in [6.07, 6.45) is -5.85. The molecule has 1 aliphatic heterocycles. The summed E-state index contributed by atoms with van der Waals surface area (Å²) in [5.41, 5.74) is -2.50. The number of carbonyl (C=O) groups excluding carboxylic acids is 2. The van der Waals surface area contributed by atoms with Gasteiger partial charge in [0.2, 0.25) is 0 Å². The molecule has 2 aromatic rings. The number of hydrogen-bond donors (Lipinski definition) is 2. The summed E-state index contributed by atoms with van der Waals surface area (Å²) in [5, 5.41) is 20.0. The molecule has 1 heterocycles. The summed E-state index contributed by atoms with van der Waals surface area (Å²) < 4.78 is 19.9. The van der Waals surface area contributed by atoms with Crippen molar-refractivity contribution >= 4 is 27.5 Å². The molecule has 26 heavy (non-hydrogen) atoms. The zero-order valence-corrected chi connectivity index (χ0v) is 15.0. The lowest BCUT2D eigenvalue weighted by Crippen LogP contribution is -2.58. The van der Waals surface area contributed by atoms with Crippen LogP contribution in [0.1, 0.15) is 20.7 Å². The number of halogens is 2. The van der Waals surface area contributed by atoms with Gasteiger partial charge in [-0.1, -0.05) is 76.6 Å². The van der Waals surface area contributed by atoms with Gasteiger partial charge in [0.15, 0.2) is 23.3 Å². The fraction of sp³-hybridized carbons (Fsp3) is 0.263. The first-order chi connectivity index (χ1) is 12.4. The molecular formula is C19H16BrFO5. The van der Waals surface area contributed by atoms with Crippen LogP contribution in [0.15, 0.2) is 60.7 Å². The first-order valence-electron chi connectivity index (χ1n) is 7.90. The molecule has 0 saturated carbocycles. The average Bonchev–Trinajstić information content (AvgIpc) is 2.92. The minimum atomic E-state index is -2.71. The van der Waals surface area contributed by atoms with Crippen LogP contribution in [-0.4, -0.2) is 50.8 Å². The maximum Gasteiger partial charge on any atom is 0.200 e. The lowest BCUT2D eigenvalue weighted by Gasteiger charge is -2.30. The SMILES string of the molecule is O=C(c1ccccc1)C(O)[C@H]1O[C@H](Br)[C@H](F)[C@@]1(O)C(=O)c1ccccc1. The molecule has 5 atom stereocenters. The van der Waals surface area contributed by atoms with Gasteiger partial charge in [-0.05, 0) is 0 Å². The lowest BCUT2D eigenvalue weighted by atomic mass is 9.81. The van der Waals surface area contributed by atoms with Gasteiger partial charge in [-0.15, -0.1) is 0 Å². The van der Waals surface area contributed by atoms with E-state index in [2.05, 4.69) is 15.9 Å². The van der Waals surface area contributed by atoms with Crippen LogP contribution < -0.4 is 0 Å². The largest absolute Gasteiger partial charge is 0.382 e. The van der Waals surface area contributed by atoms with E-state index in [4.69, 9.17) is 4.74 Å². The van der Waals surface area contributed by atoms with Crippen molar-refractivity contribution in [1.29, 1.82) is 0 Å². The number of Topliss-reactive ketones (excluding diaryl/α,β-unsaturated/α-hetero) is 2. The predicted octanol–water partition coefficient (Wildman–Crippen LogP) is 2.30. The van der Waals surface area contributed by atoms with E-state index < -0.39 is 40.6 Å². The van der Waals surface area contributed by atoms with Crippen LogP contribution in [0.25, 0.3) is 0 Å². The van der Waals surface area contributed by atoms with E-state index in [1.54, 1.807) is 36.4 Å². The Hall–Kier alpha value is -1.93. The Morgan fingerprint density at radius 1 is 1.04 bits per heavy atom. The summed E-state index contributed by atoms with van der Waals surface area (Å²) in [6.45, 7) is 0. The highest BCUT2D eigenvalue weighted by Gasteiger charge is 2.63. The van der Waals surface area contributed by atoms with Crippen molar-refractivity contribution in [3.63, 3.8) is 0 Å². The summed E-state index contributed by atoms with van der Waals surface area (Å²) in [5.74, 6) is -1.74. The molecule has 1 aliphatic rings. The van der Waals surface area contributed by atoms with Gasteiger partial charge >= 0.3 is 0 Å². The van der Waals surface area contributed by atoms with Crippen LogP contribution in [0.3, 0.4) is 0 Å². The standard InChI is InChI=1S/C19H16BrFO5/c20-18-15(21)19(25,16(24)12-9-5-2-6-10-12)17(26-18)14(23)13(22)11-7-3-1-4-8-11/h1-10,14-15,17-18,23,25H/t14?,15-,17+,18-,19+/m0/s1. The Kier molecular flexibility index (Phi) is 5.34. The number of aliphatic hydroxyl groups is 2.